The first-order valence-electron chi connectivity index (χ1n) is 7.95. The summed E-state index contributed by atoms with van der Waals surface area (Å²) in [7, 11) is 0. The number of amides is 1. The Morgan fingerprint density at radius 3 is 2.88 bits per heavy atom. The molecule has 3 rings (SSSR count). The van der Waals surface area contributed by atoms with E-state index in [0.29, 0.717) is 24.8 Å². The number of carbonyl (C=O) groups excluding carboxylic acids is 1. The van der Waals surface area contributed by atoms with Crippen molar-refractivity contribution in [1.29, 1.82) is 0 Å². The van der Waals surface area contributed by atoms with Gasteiger partial charge in [0.15, 0.2) is 16.6 Å². The summed E-state index contributed by atoms with van der Waals surface area (Å²) >= 11 is 1.37. The molecule has 1 aromatic heterocycles. The van der Waals surface area contributed by atoms with Crippen molar-refractivity contribution in [3.8, 4) is 22.8 Å². The quantitative estimate of drug-likeness (QED) is 0.868. The van der Waals surface area contributed by atoms with Gasteiger partial charge in [-0.1, -0.05) is 13.3 Å². The highest BCUT2D eigenvalue weighted by atomic mass is 32.1. The summed E-state index contributed by atoms with van der Waals surface area (Å²) < 4.78 is 11.1. The third-order valence-electron chi connectivity index (χ3n) is 3.85. The number of anilines is 1. The van der Waals surface area contributed by atoms with Crippen molar-refractivity contribution >= 4 is 22.4 Å². The summed E-state index contributed by atoms with van der Waals surface area (Å²) in [5.74, 6) is 1.24. The fourth-order valence-electron chi connectivity index (χ4n) is 2.54. The molecule has 0 aliphatic carbocycles. The maximum atomic E-state index is 12.3. The van der Waals surface area contributed by atoms with Gasteiger partial charge in [-0.05, 0) is 31.5 Å². The van der Waals surface area contributed by atoms with Crippen LogP contribution in [0, 0.1) is 0 Å². The van der Waals surface area contributed by atoms with E-state index in [-0.39, 0.29) is 5.91 Å². The van der Waals surface area contributed by atoms with Gasteiger partial charge in [-0.3, -0.25) is 4.79 Å². The monoisotopic (exact) mass is 347 g/mol. The summed E-state index contributed by atoms with van der Waals surface area (Å²) in [6.07, 6.45) is 1.47. The van der Waals surface area contributed by atoms with Crippen LogP contribution >= 0.6 is 11.3 Å². The molecule has 1 aliphatic heterocycles. The van der Waals surface area contributed by atoms with Crippen LogP contribution in [0.3, 0.4) is 0 Å². The number of fused-ring (bicyclic) bond motifs is 1. The highest BCUT2D eigenvalue weighted by Crippen LogP contribution is 2.35. The molecule has 1 aromatic carbocycles. The Kier molecular flexibility index (Phi) is 4.73. The van der Waals surface area contributed by atoms with Crippen LogP contribution < -0.4 is 20.5 Å². The van der Waals surface area contributed by atoms with Crippen molar-refractivity contribution in [3.05, 3.63) is 23.6 Å². The van der Waals surface area contributed by atoms with Crippen LogP contribution in [-0.4, -0.2) is 29.6 Å². The first-order valence-corrected chi connectivity index (χ1v) is 8.83. The van der Waals surface area contributed by atoms with Crippen molar-refractivity contribution in [3.63, 3.8) is 0 Å². The second-order valence-corrected chi connectivity index (χ2v) is 6.88. The first-order chi connectivity index (χ1) is 11.5. The van der Waals surface area contributed by atoms with Crippen molar-refractivity contribution in [2.24, 2.45) is 5.73 Å². The van der Waals surface area contributed by atoms with E-state index in [1.54, 1.807) is 6.92 Å². The van der Waals surface area contributed by atoms with Crippen molar-refractivity contribution in [1.82, 2.24) is 4.98 Å². The smallest absolute Gasteiger partial charge is 0.245 e. The topological polar surface area (TPSA) is 86.5 Å². The predicted octanol–water partition coefficient (Wildman–Crippen LogP) is 3.04. The van der Waals surface area contributed by atoms with Gasteiger partial charge in [-0.15, -0.1) is 11.3 Å². The molecule has 0 fully saturated rings. The van der Waals surface area contributed by atoms with E-state index in [0.717, 1.165) is 29.2 Å². The van der Waals surface area contributed by atoms with Crippen LogP contribution in [0.4, 0.5) is 5.13 Å². The van der Waals surface area contributed by atoms with Crippen LogP contribution in [0.2, 0.25) is 0 Å². The third-order valence-corrected chi connectivity index (χ3v) is 4.61. The summed E-state index contributed by atoms with van der Waals surface area (Å²) in [6.45, 7) is 4.85. The van der Waals surface area contributed by atoms with Gasteiger partial charge < -0.3 is 20.5 Å². The molecule has 6 nitrogen and oxygen atoms in total. The average Bonchev–Trinajstić information content (AvgIpc) is 3.03. The third kappa shape index (κ3) is 3.52. The molecule has 0 saturated heterocycles. The van der Waals surface area contributed by atoms with Crippen molar-refractivity contribution in [2.75, 3.05) is 18.5 Å². The Bertz CT molecular complexity index is 742. The first kappa shape index (κ1) is 16.7. The lowest BCUT2D eigenvalue weighted by Gasteiger charge is -2.21. The van der Waals surface area contributed by atoms with Crippen LogP contribution in [-0.2, 0) is 4.79 Å². The second kappa shape index (κ2) is 6.78. The number of aromatic nitrogens is 1. The molecule has 2 aromatic rings. The molecule has 7 heteroatoms. The lowest BCUT2D eigenvalue weighted by molar-refractivity contribution is -0.120. The van der Waals surface area contributed by atoms with Crippen LogP contribution in [0.15, 0.2) is 23.6 Å². The van der Waals surface area contributed by atoms with E-state index in [2.05, 4.69) is 10.3 Å². The van der Waals surface area contributed by atoms with Crippen molar-refractivity contribution < 1.29 is 14.3 Å². The largest absolute Gasteiger partial charge is 0.486 e. The molecule has 1 amide bonds. The minimum atomic E-state index is -0.891. The van der Waals surface area contributed by atoms with Crippen molar-refractivity contribution in [2.45, 2.75) is 32.2 Å². The number of hydrogen-bond donors (Lipinski definition) is 2. The fourth-order valence-corrected chi connectivity index (χ4v) is 3.25. The molecule has 0 spiro atoms. The minimum Gasteiger partial charge on any atom is -0.486 e. The predicted molar refractivity (Wildman–Crippen MR) is 94.7 cm³/mol. The van der Waals surface area contributed by atoms with E-state index in [1.807, 2.05) is 30.5 Å². The highest BCUT2D eigenvalue weighted by molar-refractivity contribution is 7.14. The number of ether oxygens (including phenoxy) is 2. The average molecular weight is 347 g/mol. The molecule has 24 heavy (non-hydrogen) atoms. The molecule has 0 saturated carbocycles. The molecule has 2 heterocycles. The normalized spacial score (nSPS) is 15.6. The molecule has 128 valence electrons. The summed E-state index contributed by atoms with van der Waals surface area (Å²) in [6, 6.07) is 5.71. The number of benzene rings is 1. The van der Waals surface area contributed by atoms with Gasteiger partial charge in [-0.2, -0.15) is 0 Å². The Labute approximate surface area is 145 Å². The van der Waals surface area contributed by atoms with Gasteiger partial charge in [0.25, 0.3) is 0 Å². The Morgan fingerprint density at radius 2 is 2.12 bits per heavy atom. The maximum Gasteiger partial charge on any atom is 0.245 e. The summed E-state index contributed by atoms with van der Waals surface area (Å²) in [5.41, 5.74) is 6.85. The number of hydrogen-bond acceptors (Lipinski definition) is 6. The molecule has 3 N–H and O–H groups in total. The highest BCUT2D eigenvalue weighted by Gasteiger charge is 2.28. The Hall–Kier alpha value is -2.12. The lowest BCUT2D eigenvalue weighted by Crippen LogP contribution is -2.48. The number of nitrogens with one attached hydrogen (secondary N) is 1. The lowest BCUT2D eigenvalue weighted by atomic mass is 9.97. The number of nitrogens with two attached hydrogens (primary N) is 1. The van der Waals surface area contributed by atoms with E-state index in [4.69, 9.17) is 15.2 Å². The number of rotatable bonds is 5. The van der Waals surface area contributed by atoms with Gasteiger partial charge in [0.1, 0.15) is 13.2 Å². The number of thiazole rings is 1. The Morgan fingerprint density at radius 1 is 1.38 bits per heavy atom. The van der Waals surface area contributed by atoms with Gasteiger partial charge in [0.2, 0.25) is 5.91 Å². The van der Waals surface area contributed by atoms with E-state index < -0.39 is 5.54 Å². The molecule has 0 radical (unpaired) electrons. The van der Waals surface area contributed by atoms with Gasteiger partial charge in [0, 0.05) is 10.9 Å². The molecular weight excluding hydrogens is 326 g/mol. The van der Waals surface area contributed by atoms with E-state index in [1.165, 1.54) is 11.3 Å². The fraction of sp³-hybridized carbons (Fsp3) is 0.412. The van der Waals surface area contributed by atoms with Crippen LogP contribution in [0.25, 0.3) is 11.3 Å². The summed E-state index contributed by atoms with van der Waals surface area (Å²) in [4.78, 5) is 16.7. The molecule has 0 bridgehead atoms. The molecule has 1 atom stereocenters. The summed E-state index contributed by atoms with van der Waals surface area (Å²) in [5, 5.41) is 5.24. The zero-order valence-electron chi connectivity index (χ0n) is 13.8. The number of nitrogens with zero attached hydrogens (tertiary/aromatic N) is 1. The van der Waals surface area contributed by atoms with E-state index in [9.17, 15) is 4.79 Å². The van der Waals surface area contributed by atoms with Gasteiger partial charge in [-0.25, -0.2) is 4.98 Å². The zero-order chi connectivity index (χ0) is 17.2. The van der Waals surface area contributed by atoms with Gasteiger partial charge >= 0.3 is 0 Å². The number of carbonyl (C=O) groups is 1. The Balaban J connectivity index is 1.75. The molecule has 1 aliphatic rings. The SMILES string of the molecule is CCCC(C)(N)C(=O)Nc1nc(-c2ccc3c(c2)OCCO3)cs1. The van der Waals surface area contributed by atoms with Crippen LogP contribution in [0.5, 0.6) is 11.5 Å². The second-order valence-electron chi connectivity index (χ2n) is 6.02. The minimum absolute atomic E-state index is 0.215. The standard InChI is InChI=1S/C17H21N3O3S/c1-3-6-17(2,18)15(21)20-16-19-12(10-24-16)11-4-5-13-14(9-11)23-8-7-22-13/h4-5,9-10H,3,6-8,18H2,1-2H3,(H,19,20,21). The van der Waals surface area contributed by atoms with E-state index >= 15 is 0 Å². The van der Waals surface area contributed by atoms with Gasteiger partial charge in [0.05, 0.1) is 11.2 Å². The van der Waals surface area contributed by atoms with Crippen LogP contribution in [0.1, 0.15) is 26.7 Å². The molecule has 1 unspecified atom stereocenters. The molecular formula is C17H21N3O3S. The zero-order valence-corrected chi connectivity index (χ0v) is 14.6. The maximum absolute atomic E-state index is 12.3.